The lowest BCUT2D eigenvalue weighted by atomic mass is 10.2. The molecular formula is C8H3BrF2S. The molecule has 0 spiro atoms. The van der Waals surface area contributed by atoms with Gasteiger partial charge in [0.05, 0.1) is 4.47 Å². The number of thiophene rings is 1. The van der Waals surface area contributed by atoms with Crippen molar-refractivity contribution in [3.8, 4) is 0 Å². The quantitative estimate of drug-likeness (QED) is 0.663. The Bertz CT molecular complexity index is 436. The van der Waals surface area contributed by atoms with E-state index < -0.39 is 0 Å². The van der Waals surface area contributed by atoms with Gasteiger partial charge in [0, 0.05) is 10.1 Å². The molecule has 0 saturated heterocycles. The first kappa shape index (κ1) is 8.13. The molecule has 0 atom stereocenters. The molecule has 2 rings (SSSR count). The summed E-state index contributed by atoms with van der Waals surface area (Å²) in [6.45, 7) is 0. The van der Waals surface area contributed by atoms with Crippen LogP contribution in [0.4, 0.5) is 8.78 Å². The SMILES string of the molecule is Fc1sc2cccc(F)c2c1Br. The first-order valence-electron chi connectivity index (χ1n) is 3.22. The molecule has 12 heavy (non-hydrogen) atoms. The van der Waals surface area contributed by atoms with E-state index in [9.17, 15) is 8.78 Å². The van der Waals surface area contributed by atoms with Crippen LogP contribution in [-0.4, -0.2) is 0 Å². The van der Waals surface area contributed by atoms with Crippen LogP contribution < -0.4 is 0 Å². The summed E-state index contributed by atoms with van der Waals surface area (Å²) in [5.74, 6) is -0.389. The van der Waals surface area contributed by atoms with Crippen molar-refractivity contribution in [1.29, 1.82) is 0 Å². The summed E-state index contributed by atoms with van der Waals surface area (Å²) in [5.41, 5.74) is 0. The molecule has 0 aliphatic rings. The van der Waals surface area contributed by atoms with Gasteiger partial charge in [-0.25, -0.2) is 4.39 Å². The smallest absolute Gasteiger partial charge is 0.191 e. The van der Waals surface area contributed by atoms with Gasteiger partial charge < -0.3 is 0 Å². The second-order valence-corrected chi connectivity index (χ2v) is 4.10. The second kappa shape index (κ2) is 2.78. The van der Waals surface area contributed by atoms with Crippen molar-refractivity contribution < 1.29 is 8.78 Å². The Hall–Kier alpha value is -0.480. The average molecular weight is 249 g/mol. The summed E-state index contributed by atoms with van der Waals surface area (Å²) in [5, 5.41) is -0.0462. The first-order valence-corrected chi connectivity index (χ1v) is 4.83. The van der Waals surface area contributed by atoms with Gasteiger partial charge in [0.1, 0.15) is 5.82 Å². The van der Waals surface area contributed by atoms with Crippen LogP contribution in [-0.2, 0) is 0 Å². The maximum Gasteiger partial charge on any atom is 0.191 e. The number of halogens is 3. The monoisotopic (exact) mass is 248 g/mol. The molecule has 0 radical (unpaired) electrons. The molecule has 0 aliphatic heterocycles. The van der Waals surface area contributed by atoms with Crippen LogP contribution in [0, 0.1) is 10.9 Å². The molecule has 1 aromatic carbocycles. The highest BCUT2D eigenvalue weighted by atomic mass is 79.9. The summed E-state index contributed by atoms with van der Waals surface area (Å²) in [4.78, 5) is 0. The minimum absolute atomic E-state index is 0.223. The minimum atomic E-state index is -0.389. The van der Waals surface area contributed by atoms with Gasteiger partial charge >= 0.3 is 0 Å². The van der Waals surface area contributed by atoms with Crippen LogP contribution in [0.3, 0.4) is 0 Å². The largest absolute Gasteiger partial charge is 0.206 e. The van der Waals surface area contributed by atoms with E-state index >= 15 is 0 Å². The molecule has 0 bridgehead atoms. The summed E-state index contributed by atoms with van der Waals surface area (Å²) in [6, 6.07) is 4.58. The highest BCUT2D eigenvalue weighted by Gasteiger charge is 2.12. The van der Waals surface area contributed by atoms with Gasteiger partial charge in [0.25, 0.3) is 0 Å². The third kappa shape index (κ3) is 1.06. The molecule has 62 valence electrons. The van der Waals surface area contributed by atoms with E-state index in [0.29, 0.717) is 10.1 Å². The van der Waals surface area contributed by atoms with E-state index in [-0.39, 0.29) is 15.4 Å². The van der Waals surface area contributed by atoms with Gasteiger partial charge in [-0.2, -0.15) is 4.39 Å². The zero-order valence-corrected chi connectivity index (χ0v) is 8.18. The third-order valence-corrected chi connectivity index (χ3v) is 3.52. The maximum atomic E-state index is 13.1. The van der Waals surface area contributed by atoms with Crippen molar-refractivity contribution >= 4 is 37.4 Å². The molecule has 0 nitrogen and oxygen atoms in total. The molecule has 1 heterocycles. The Balaban J connectivity index is 2.97. The topological polar surface area (TPSA) is 0 Å². The molecule has 0 saturated carbocycles. The Morgan fingerprint density at radius 3 is 2.67 bits per heavy atom. The van der Waals surface area contributed by atoms with E-state index in [2.05, 4.69) is 15.9 Å². The number of hydrogen-bond donors (Lipinski definition) is 0. The highest BCUT2D eigenvalue weighted by molar-refractivity contribution is 9.10. The average Bonchev–Trinajstić information content (AvgIpc) is 2.29. The van der Waals surface area contributed by atoms with Crippen LogP contribution in [0.2, 0.25) is 0 Å². The lowest BCUT2D eigenvalue weighted by molar-refractivity contribution is 0.633. The molecule has 0 fully saturated rings. The molecular weight excluding hydrogens is 246 g/mol. The second-order valence-electron chi connectivity index (χ2n) is 2.30. The van der Waals surface area contributed by atoms with E-state index in [1.165, 1.54) is 6.07 Å². The summed E-state index contributed by atoms with van der Waals surface area (Å²) in [6.07, 6.45) is 0. The zero-order chi connectivity index (χ0) is 8.72. The van der Waals surface area contributed by atoms with E-state index in [0.717, 1.165) is 11.3 Å². The number of rotatable bonds is 0. The van der Waals surface area contributed by atoms with Gasteiger partial charge in [-0.15, -0.1) is 11.3 Å². The van der Waals surface area contributed by atoms with Crippen LogP contribution in [0.5, 0.6) is 0 Å². The number of benzene rings is 1. The Morgan fingerprint density at radius 2 is 2.00 bits per heavy atom. The molecule has 0 amide bonds. The zero-order valence-electron chi connectivity index (χ0n) is 5.77. The fraction of sp³-hybridized carbons (Fsp3) is 0. The van der Waals surface area contributed by atoms with E-state index in [1.807, 2.05) is 0 Å². The fourth-order valence-corrected chi connectivity index (χ4v) is 2.65. The van der Waals surface area contributed by atoms with Crippen molar-refractivity contribution in [2.45, 2.75) is 0 Å². The minimum Gasteiger partial charge on any atom is -0.206 e. The molecule has 1 aromatic heterocycles. The van der Waals surface area contributed by atoms with Crippen molar-refractivity contribution in [3.63, 3.8) is 0 Å². The van der Waals surface area contributed by atoms with Crippen molar-refractivity contribution in [1.82, 2.24) is 0 Å². The summed E-state index contributed by atoms with van der Waals surface area (Å²) < 4.78 is 26.8. The number of hydrogen-bond acceptors (Lipinski definition) is 1. The van der Waals surface area contributed by atoms with Crippen molar-refractivity contribution in [2.75, 3.05) is 0 Å². The van der Waals surface area contributed by atoms with Gasteiger partial charge in [-0.05, 0) is 28.1 Å². The summed E-state index contributed by atoms with van der Waals surface area (Å²) in [7, 11) is 0. The third-order valence-electron chi connectivity index (χ3n) is 1.57. The van der Waals surface area contributed by atoms with Gasteiger partial charge in [0.2, 0.25) is 0 Å². The van der Waals surface area contributed by atoms with Crippen LogP contribution in [0.25, 0.3) is 10.1 Å². The van der Waals surface area contributed by atoms with Crippen LogP contribution >= 0.6 is 27.3 Å². The van der Waals surface area contributed by atoms with Crippen molar-refractivity contribution in [2.24, 2.45) is 0 Å². The predicted molar refractivity (Wildman–Crippen MR) is 49.4 cm³/mol. The normalized spacial score (nSPS) is 10.9. The molecule has 0 N–H and O–H groups in total. The summed E-state index contributed by atoms with van der Waals surface area (Å²) >= 11 is 3.94. The fourth-order valence-electron chi connectivity index (χ4n) is 1.04. The Kier molecular flexibility index (Phi) is 1.88. The predicted octanol–water partition coefficient (Wildman–Crippen LogP) is 3.94. The van der Waals surface area contributed by atoms with Crippen molar-refractivity contribution in [3.05, 3.63) is 33.6 Å². The molecule has 4 heteroatoms. The lowest BCUT2D eigenvalue weighted by Gasteiger charge is -1.90. The van der Waals surface area contributed by atoms with Crippen LogP contribution in [0.15, 0.2) is 22.7 Å². The van der Waals surface area contributed by atoms with Gasteiger partial charge in [0.15, 0.2) is 5.13 Å². The maximum absolute atomic E-state index is 13.1. The number of fused-ring (bicyclic) bond motifs is 1. The molecule has 2 aromatic rings. The highest BCUT2D eigenvalue weighted by Crippen LogP contribution is 2.35. The Labute approximate surface area is 80.0 Å². The standard InChI is InChI=1S/C8H3BrF2S/c9-7-6-4(10)2-1-3-5(6)12-8(7)11/h1-3H. The van der Waals surface area contributed by atoms with Crippen LogP contribution in [0.1, 0.15) is 0 Å². The van der Waals surface area contributed by atoms with Gasteiger partial charge in [-0.3, -0.25) is 0 Å². The molecule has 0 unspecified atom stereocenters. The van der Waals surface area contributed by atoms with E-state index in [1.54, 1.807) is 12.1 Å². The lowest BCUT2D eigenvalue weighted by Crippen LogP contribution is -1.73. The van der Waals surface area contributed by atoms with E-state index in [4.69, 9.17) is 0 Å². The van der Waals surface area contributed by atoms with Gasteiger partial charge in [-0.1, -0.05) is 6.07 Å². The first-order chi connectivity index (χ1) is 5.70. The Morgan fingerprint density at radius 1 is 1.25 bits per heavy atom. The molecule has 0 aliphatic carbocycles.